The van der Waals surface area contributed by atoms with Crippen molar-refractivity contribution >= 4 is 32.7 Å². The number of anilines is 1. The number of aliphatic hydroxyl groups excluding tert-OH is 1. The quantitative estimate of drug-likeness (QED) is 0.235. The average Bonchev–Trinajstić information content (AvgIpc) is 3.49. The van der Waals surface area contributed by atoms with Crippen molar-refractivity contribution in [2.75, 3.05) is 19.0 Å². The van der Waals surface area contributed by atoms with Crippen LogP contribution >= 0.6 is 15.9 Å². The number of nitrogens with one attached hydrogen (secondary N) is 3. The molecule has 0 aliphatic rings. The van der Waals surface area contributed by atoms with Crippen molar-refractivity contribution in [2.24, 2.45) is 0 Å². The molecule has 2 aromatic carbocycles. The molecule has 0 spiro atoms. The van der Waals surface area contributed by atoms with Gasteiger partial charge in [-0.15, -0.1) is 0 Å². The van der Waals surface area contributed by atoms with Gasteiger partial charge in [-0.3, -0.25) is 4.79 Å². The van der Waals surface area contributed by atoms with Gasteiger partial charge in [0.2, 0.25) is 0 Å². The molecule has 0 radical (unpaired) electrons. The summed E-state index contributed by atoms with van der Waals surface area (Å²) in [6, 6.07) is 11.2. The molecule has 0 aliphatic carbocycles. The van der Waals surface area contributed by atoms with E-state index in [2.05, 4.69) is 36.2 Å². The zero-order valence-corrected chi connectivity index (χ0v) is 21.5. The number of fused-ring (bicyclic) bond motifs is 1. The predicted molar refractivity (Wildman–Crippen MR) is 143 cm³/mol. The zero-order valence-electron chi connectivity index (χ0n) is 20.0. The topological polar surface area (TPSA) is 121 Å². The summed E-state index contributed by atoms with van der Waals surface area (Å²) in [4.78, 5) is 27.9. The van der Waals surface area contributed by atoms with Gasteiger partial charge in [-0.1, -0.05) is 6.07 Å². The van der Waals surface area contributed by atoms with Crippen LogP contribution in [0.3, 0.4) is 0 Å². The number of hydrogen-bond donors (Lipinski definition) is 4. The van der Waals surface area contributed by atoms with E-state index in [9.17, 15) is 9.90 Å². The summed E-state index contributed by atoms with van der Waals surface area (Å²) in [7, 11) is 1.59. The SMILES string of the molecule is COc1ccc(C(O)CNc2cc[nH]c(=O)c2-c2nc3c(C)cc(-n4cnc(C)c4)cc3[nH]2)cc1Br. The number of aromatic nitrogens is 5. The highest BCUT2D eigenvalue weighted by Crippen LogP contribution is 2.30. The van der Waals surface area contributed by atoms with E-state index in [1.54, 1.807) is 37.8 Å². The fraction of sp³-hybridized carbons (Fsp3) is 0.192. The number of imidazole rings is 2. The van der Waals surface area contributed by atoms with E-state index in [0.29, 0.717) is 28.4 Å². The van der Waals surface area contributed by atoms with Crippen molar-refractivity contribution in [1.29, 1.82) is 0 Å². The number of ether oxygens (including phenoxy) is 1. The Balaban J connectivity index is 1.46. The molecule has 4 N–H and O–H groups in total. The Morgan fingerprint density at radius 3 is 2.78 bits per heavy atom. The third-order valence-electron chi connectivity index (χ3n) is 6.02. The first-order chi connectivity index (χ1) is 17.3. The number of rotatable bonds is 7. The fourth-order valence-electron chi connectivity index (χ4n) is 4.18. The smallest absolute Gasteiger partial charge is 0.261 e. The second-order valence-corrected chi connectivity index (χ2v) is 9.41. The van der Waals surface area contributed by atoms with Crippen LogP contribution in [0, 0.1) is 13.8 Å². The Hall–Kier alpha value is -3.89. The van der Waals surface area contributed by atoms with Crippen molar-refractivity contribution in [2.45, 2.75) is 20.0 Å². The van der Waals surface area contributed by atoms with E-state index in [0.717, 1.165) is 32.5 Å². The van der Waals surface area contributed by atoms with E-state index >= 15 is 0 Å². The summed E-state index contributed by atoms with van der Waals surface area (Å²) < 4.78 is 7.96. The molecule has 0 saturated heterocycles. The predicted octanol–water partition coefficient (Wildman–Crippen LogP) is 4.64. The lowest BCUT2D eigenvalue weighted by Gasteiger charge is -2.16. The molecule has 0 aliphatic heterocycles. The maximum absolute atomic E-state index is 12.9. The Kier molecular flexibility index (Phi) is 6.38. The lowest BCUT2D eigenvalue weighted by Crippen LogP contribution is -2.17. The summed E-state index contributed by atoms with van der Waals surface area (Å²) in [6.45, 7) is 4.12. The first-order valence-electron chi connectivity index (χ1n) is 11.3. The maximum atomic E-state index is 12.9. The Morgan fingerprint density at radius 2 is 2.06 bits per heavy atom. The van der Waals surface area contributed by atoms with Crippen molar-refractivity contribution < 1.29 is 9.84 Å². The number of hydrogen-bond acceptors (Lipinski definition) is 6. The second kappa shape index (κ2) is 9.63. The molecular weight excluding hydrogens is 524 g/mol. The molecule has 36 heavy (non-hydrogen) atoms. The average molecular weight is 549 g/mol. The number of H-pyrrole nitrogens is 2. The number of halogens is 1. The number of aromatic amines is 2. The molecule has 5 rings (SSSR count). The monoisotopic (exact) mass is 548 g/mol. The minimum absolute atomic E-state index is 0.193. The summed E-state index contributed by atoms with van der Waals surface area (Å²) >= 11 is 3.45. The van der Waals surface area contributed by atoms with Gasteiger partial charge in [-0.2, -0.15) is 0 Å². The fourth-order valence-corrected chi connectivity index (χ4v) is 4.74. The summed E-state index contributed by atoms with van der Waals surface area (Å²) in [5.74, 6) is 1.13. The van der Waals surface area contributed by atoms with E-state index in [4.69, 9.17) is 9.72 Å². The third-order valence-corrected chi connectivity index (χ3v) is 6.64. The normalized spacial score (nSPS) is 12.1. The highest BCUT2D eigenvalue weighted by molar-refractivity contribution is 9.10. The highest BCUT2D eigenvalue weighted by atomic mass is 79.9. The van der Waals surface area contributed by atoms with E-state index in [-0.39, 0.29) is 12.1 Å². The van der Waals surface area contributed by atoms with Crippen molar-refractivity contribution in [3.05, 3.63) is 86.8 Å². The Labute approximate surface area is 215 Å². The van der Waals surface area contributed by atoms with Crippen LogP contribution in [-0.4, -0.2) is 43.3 Å². The van der Waals surface area contributed by atoms with Gasteiger partial charge >= 0.3 is 0 Å². The van der Waals surface area contributed by atoms with Crippen LogP contribution in [0.4, 0.5) is 5.69 Å². The van der Waals surface area contributed by atoms with Crippen LogP contribution in [0.25, 0.3) is 28.1 Å². The number of benzene rings is 2. The summed E-state index contributed by atoms with van der Waals surface area (Å²) in [5.41, 5.74) is 5.79. The van der Waals surface area contributed by atoms with Gasteiger partial charge in [0.05, 0.1) is 46.4 Å². The molecule has 5 aromatic rings. The van der Waals surface area contributed by atoms with Crippen LogP contribution in [0.15, 0.2) is 64.4 Å². The maximum Gasteiger partial charge on any atom is 0.261 e. The third kappa shape index (κ3) is 4.52. The minimum atomic E-state index is -0.807. The zero-order chi connectivity index (χ0) is 25.4. The lowest BCUT2D eigenvalue weighted by atomic mass is 10.1. The number of pyridine rings is 1. The van der Waals surface area contributed by atoms with E-state index in [1.165, 1.54) is 0 Å². The van der Waals surface area contributed by atoms with Gasteiger partial charge in [0.15, 0.2) is 0 Å². The first kappa shape index (κ1) is 23.8. The number of nitrogens with zero attached hydrogens (tertiary/aromatic N) is 3. The van der Waals surface area contributed by atoms with E-state index < -0.39 is 6.10 Å². The van der Waals surface area contributed by atoms with Crippen LogP contribution in [-0.2, 0) is 0 Å². The van der Waals surface area contributed by atoms with Gasteiger partial charge in [-0.25, -0.2) is 9.97 Å². The van der Waals surface area contributed by atoms with Gasteiger partial charge in [0.25, 0.3) is 5.56 Å². The highest BCUT2D eigenvalue weighted by Gasteiger charge is 2.17. The molecule has 1 unspecified atom stereocenters. The molecule has 0 bridgehead atoms. The van der Waals surface area contributed by atoms with Crippen molar-refractivity contribution in [3.63, 3.8) is 0 Å². The van der Waals surface area contributed by atoms with Crippen LogP contribution < -0.4 is 15.6 Å². The molecule has 1 atom stereocenters. The molecular formula is C26H25BrN6O3. The van der Waals surface area contributed by atoms with Crippen molar-refractivity contribution in [3.8, 4) is 22.8 Å². The van der Waals surface area contributed by atoms with E-state index in [1.807, 2.05) is 42.8 Å². The minimum Gasteiger partial charge on any atom is -0.496 e. The van der Waals surface area contributed by atoms with Crippen LogP contribution in [0.1, 0.15) is 22.9 Å². The molecule has 184 valence electrons. The van der Waals surface area contributed by atoms with Gasteiger partial charge < -0.3 is 29.7 Å². The first-order valence-corrected chi connectivity index (χ1v) is 12.1. The number of aliphatic hydroxyl groups is 1. The molecule has 0 amide bonds. The molecule has 10 heteroatoms. The van der Waals surface area contributed by atoms with Gasteiger partial charge in [0.1, 0.15) is 17.1 Å². The molecule has 0 fully saturated rings. The standard InChI is InChI=1S/C26H25BrN6O3/c1-14-8-17(33-12-15(2)30-13-33)10-20-24(14)32-25(31-20)23-19(6-7-28-26(23)35)29-11-21(34)16-4-5-22(36-3)18(27)9-16/h4-10,12-13,21,34H,11H2,1-3H3,(H,31,32)(H2,28,29,35). The van der Waals surface area contributed by atoms with Crippen LogP contribution in [0.5, 0.6) is 5.75 Å². The summed E-state index contributed by atoms with van der Waals surface area (Å²) in [5, 5.41) is 14.0. The molecule has 3 aromatic heterocycles. The van der Waals surface area contributed by atoms with Gasteiger partial charge in [-0.05, 0) is 71.2 Å². The number of aryl methyl sites for hydroxylation is 2. The molecule has 3 heterocycles. The molecule has 0 saturated carbocycles. The lowest BCUT2D eigenvalue weighted by molar-refractivity contribution is 0.191. The van der Waals surface area contributed by atoms with Crippen LogP contribution in [0.2, 0.25) is 0 Å². The number of methoxy groups -OCH3 is 1. The molecule has 9 nitrogen and oxygen atoms in total. The van der Waals surface area contributed by atoms with Gasteiger partial charge in [0, 0.05) is 24.6 Å². The summed E-state index contributed by atoms with van der Waals surface area (Å²) in [6.07, 6.45) is 4.48. The largest absolute Gasteiger partial charge is 0.496 e. The Bertz CT molecular complexity index is 1620. The Morgan fingerprint density at radius 1 is 1.22 bits per heavy atom. The second-order valence-electron chi connectivity index (χ2n) is 8.55. The van der Waals surface area contributed by atoms with Crippen molar-refractivity contribution in [1.82, 2.24) is 24.5 Å².